The zero-order valence-corrected chi connectivity index (χ0v) is 17.0. The van der Waals surface area contributed by atoms with Crippen molar-refractivity contribution in [3.8, 4) is 0 Å². The van der Waals surface area contributed by atoms with Gasteiger partial charge < -0.3 is 5.32 Å². The Labute approximate surface area is 169 Å². The van der Waals surface area contributed by atoms with Crippen LogP contribution in [-0.2, 0) is 14.8 Å². The molecule has 2 aromatic carbocycles. The Bertz CT molecular complexity index is 889. The van der Waals surface area contributed by atoms with Gasteiger partial charge in [0, 0.05) is 18.0 Å². The van der Waals surface area contributed by atoms with Gasteiger partial charge >= 0.3 is 0 Å². The fourth-order valence-electron chi connectivity index (χ4n) is 3.14. The summed E-state index contributed by atoms with van der Waals surface area (Å²) in [6.45, 7) is 0.793. The van der Waals surface area contributed by atoms with E-state index in [9.17, 15) is 17.6 Å². The number of hydrogen-bond acceptors (Lipinski definition) is 4. The zero-order valence-electron chi connectivity index (χ0n) is 15.4. The number of hydrogen-bond donors (Lipinski definition) is 1. The van der Waals surface area contributed by atoms with Crippen LogP contribution in [0.3, 0.4) is 0 Å². The van der Waals surface area contributed by atoms with E-state index in [1.165, 1.54) is 21.3 Å². The highest BCUT2D eigenvalue weighted by Gasteiger charge is 2.39. The molecule has 28 heavy (non-hydrogen) atoms. The van der Waals surface area contributed by atoms with E-state index in [-0.39, 0.29) is 10.8 Å². The molecule has 0 aromatic heterocycles. The van der Waals surface area contributed by atoms with Gasteiger partial charge in [0.25, 0.3) is 0 Å². The number of rotatable bonds is 8. The molecule has 0 radical (unpaired) electrons. The molecule has 1 N–H and O–H groups in total. The van der Waals surface area contributed by atoms with Crippen molar-refractivity contribution in [2.24, 2.45) is 0 Å². The molecule has 1 atom stereocenters. The summed E-state index contributed by atoms with van der Waals surface area (Å²) in [6, 6.07) is 14.0. The first-order valence-corrected chi connectivity index (χ1v) is 11.6. The maximum Gasteiger partial charge on any atom is 0.243 e. The molecule has 150 valence electrons. The van der Waals surface area contributed by atoms with E-state index in [2.05, 4.69) is 5.32 Å². The lowest BCUT2D eigenvalue weighted by atomic mass is 10.2. The summed E-state index contributed by atoms with van der Waals surface area (Å²) in [5.41, 5.74) is 0. The second-order valence-corrected chi connectivity index (χ2v) is 9.59. The zero-order chi connectivity index (χ0) is 20.0. The van der Waals surface area contributed by atoms with Crippen molar-refractivity contribution in [3.05, 3.63) is 60.4 Å². The number of nitrogens with zero attached hydrogens (tertiary/aromatic N) is 1. The molecule has 0 spiro atoms. The third-order valence-electron chi connectivity index (χ3n) is 4.56. The van der Waals surface area contributed by atoms with Crippen LogP contribution >= 0.6 is 11.8 Å². The number of carbonyl (C=O) groups excluding carboxylic acids is 1. The van der Waals surface area contributed by atoms with Crippen molar-refractivity contribution >= 4 is 27.7 Å². The highest BCUT2D eigenvalue weighted by atomic mass is 32.2. The summed E-state index contributed by atoms with van der Waals surface area (Å²) < 4.78 is 40.0. The van der Waals surface area contributed by atoms with Gasteiger partial charge in [0.1, 0.15) is 11.9 Å². The first kappa shape index (κ1) is 20.8. The Morgan fingerprint density at radius 3 is 2.57 bits per heavy atom. The second-order valence-electron chi connectivity index (χ2n) is 6.53. The van der Waals surface area contributed by atoms with Crippen LogP contribution in [0.15, 0.2) is 64.4 Å². The average molecular weight is 423 g/mol. The second kappa shape index (κ2) is 9.54. The third-order valence-corrected chi connectivity index (χ3v) is 7.58. The lowest BCUT2D eigenvalue weighted by Gasteiger charge is -2.23. The molecule has 1 amide bonds. The predicted molar refractivity (Wildman–Crippen MR) is 108 cm³/mol. The standard InChI is InChI=1S/C20H23FN2O3S2/c21-16-9-11-18(12-10-16)28(25,26)23-14-4-8-19(23)20(24)22-13-5-15-27-17-6-2-1-3-7-17/h1-3,6-7,9-12,19H,4-5,8,13-15H2,(H,22,24). The van der Waals surface area contributed by atoms with Crippen LogP contribution in [-0.4, -0.2) is 43.5 Å². The first-order valence-electron chi connectivity index (χ1n) is 9.21. The summed E-state index contributed by atoms with van der Waals surface area (Å²) in [7, 11) is -3.82. The van der Waals surface area contributed by atoms with Crippen molar-refractivity contribution in [1.82, 2.24) is 9.62 Å². The Morgan fingerprint density at radius 2 is 1.86 bits per heavy atom. The summed E-state index contributed by atoms with van der Waals surface area (Å²) in [5, 5.41) is 2.86. The molecule has 1 fully saturated rings. The van der Waals surface area contributed by atoms with Crippen LogP contribution in [0.5, 0.6) is 0 Å². The van der Waals surface area contributed by atoms with E-state index in [0.717, 1.165) is 24.3 Å². The minimum Gasteiger partial charge on any atom is -0.355 e. The van der Waals surface area contributed by atoms with Crippen LogP contribution in [0.4, 0.5) is 4.39 Å². The number of nitrogens with one attached hydrogen (secondary N) is 1. The molecule has 1 unspecified atom stereocenters. The molecule has 0 saturated carbocycles. The van der Waals surface area contributed by atoms with Gasteiger partial charge in [0.05, 0.1) is 4.90 Å². The van der Waals surface area contributed by atoms with E-state index < -0.39 is 21.9 Å². The molecule has 2 aromatic rings. The van der Waals surface area contributed by atoms with E-state index in [4.69, 9.17) is 0 Å². The maximum absolute atomic E-state index is 13.1. The molecule has 5 nitrogen and oxygen atoms in total. The van der Waals surface area contributed by atoms with Crippen molar-refractivity contribution in [3.63, 3.8) is 0 Å². The van der Waals surface area contributed by atoms with Gasteiger partial charge in [-0.25, -0.2) is 12.8 Å². The summed E-state index contributed by atoms with van der Waals surface area (Å²) >= 11 is 1.72. The smallest absolute Gasteiger partial charge is 0.243 e. The summed E-state index contributed by atoms with van der Waals surface area (Å²) in [5.74, 6) is 0.1000. The van der Waals surface area contributed by atoms with E-state index >= 15 is 0 Å². The molecule has 1 aliphatic rings. The highest BCUT2D eigenvalue weighted by Crippen LogP contribution is 2.26. The molecule has 3 rings (SSSR count). The maximum atomic E-state index is 13.1. The Morgan fingerprint density at radius 1 is 1.14 bits per heavy atom. The lowest BCUT2D eigenvalue weighted by Crippen LogP contribution is -2.46. The quantitative estimate of drug-likeness (QED) is 0.524. The number of halogens is 1. The fourth-order valence-corrected chi connectivity index (χ4v) is 5.67. The van der Waals surface area contributed by atoms with Crippen LogP contribution < -0.4 is 5.32 Å². The number of benzene rings is 2. The fraction of sp³-hybridized carbons (Fsp3) is 0.350. The third kappa shape index (κ3) is 5.12. The van der Waals surface area contributed by atoms with Gasteiger partial charge in [-0.2, -0.15) is 4.31 Å². The molecule has 0 bridgehead atoms. The van der Waals surface area contributed by atoms with Gasteiger partial charge in [0.2, 0.25) is 15.9 Å². The van der Waals surface area contributed by atoms with Gasteiger partial charge in [-0.1, -0.05) is 18.2 Å². The molecule has 8 heteroatoms. The SMILES string of the molecule is O=C(NCCCSc1ccccc1)C1CCCN1S(=O)(=O)c1ccc(F)cc1. The van der Waals surface area contributed by atoms with Crippen molar-refractivity contribution in [2.45, 2.75) is 35.1 Å². The van der Waals surface area contributed by atoms with Crippen LogP contribution in [0.2, 0.25) is 0 Å². The molecular weight excluding hydrogens is 399 g/mol. The summed E-state index contributed by atoms with van der Waals surface area (Å²) in [4.78, 5) is 13.7. The molecular formula is C20H23FN2O3S2. The van der Waals surface area contributed by atoms with Crippen molar-refractivity contribution in [2.75, 3.05) is 18.8 Å². The number of carbonyl (C=O) groups is 1. The Balaban J connectivity index is 1.52. The van der Waals surface area contributed by atoms with Gasteiger partial charge in [-0.15, -0.1) is 11.8 Å². The van der Waals surface area contributed by atoms with Crippen molar-refractivity contribution < 1.29 is 17.6 Å². The van der Waals surface area contributed by atoms with Gasteiger partial charge in [-0.3, -0.25) is 4.79 Å². The predicted octanol–water partition coefficient (Wildman–Crippen LogP) is 3.28. The average Bonchev–Trinajstić information content (AvgIpc) is 3.20. The first-order chi connectivity index (χ1) is 13.5. The number of amides is 1. The van der Waals surface area contributed by atoms with Gasteiger partial charge in [-0.05, 0) is 61.4 Å². The largest absolute Gasteiger partial charge is 0.355 e. The lowest BCUT2D eigenvalue weighted by molar-refractivity contribution is -0.124. The van der Waals surface area contributed by atoms with Crippen LogP contribution in [0, 0.1) is 5.82 Å². The topological polar surface area (TPSA) is 66.5 Å². The minimum atomic E-state index is -3.82. The monoisotopic (exact) mass is 422 g/mol. The molecule has 0 aliphatic carbocycles. The number of sulfonamides is 1. The summed E-state index contributed by atoms with van der Waals surface area (Å²) in [6.07, 6.45) is 1.91. The molecule has 1 heterocycles. The van der Waals surface area contributed by atoms with Crippen LogP contribution in [0.1, 0.15) is 19.3 Å². The van der Waals surface area contributed by atoms with Crippen LogP contribution in [0.25, 0.3) is 0 Å². The minimum absolute atomic E-state index is 0.00728. The van der Waals surface area contributed by atoms with E-state index in [0.29, 0.717) is 25.9 Å². The van der Waals surface area contributed by atoms with Crippen molar-refractivity contribution in [1.29, 1.82) is 0 Å². The Hall–Kier alpha value is -1.90. The molecule has 1 aliphatic heterocycles. The van der Waals surface area contributed by atoms with E-state index in [1.807, 2.05) is 30.3 Å². The van der Waals surface area contributed by atoms with Gasteiger partial charge in [0.15, 0.2) is 0 Å². The molecule has 1 saturated heterocycles. The highest BCUT2D eigenvalue weighted by molar-refractivity contribution is 7.99. The van der Waals surface area contributed by atoms with E-state index in [1.54, 1.807) is 11.8 Å². The Kier molecular flexibility index (Phi) is 7.09. The number of thioether (sulfide) groups is 1. The normalized spacial score (nSPS) is 17.5.